The van der Waals surface area contributed by atoms with Crippen LogP contribution in [-0.2, 0) is 11.3 Å². The van der Waals surface area contributed by atoms with E-state index in [4.69, 9.17) is 21.1 Å². The third-order valence-electron chi connectivity index (χ3n) is 3.88. The van der Waals surface area contributed by atoms with Crippen molar-refractivity contribution < 1.29 is 9.47 Å². The molecule has 2 aromatic rings. The number of benzene rings is 1. The van der Waals surface area contributed by atoms with E-state index in [1.165, 1.54) is 6.20 Å². The quantitative estimate of drug-likeness (QED) is 0.715. The predicted octanol–water partition coefficient (Wildman–Crippen LogP) is 4.09. The number of nitrogens with zero attached hydrogens (tertiary/aromatic N) is 3. The van der Waals surface area contributed by atoms with Crippen LogP contribution in [-0.4, -0.2) is 36.3 Å². The highest BCUT2D eigenvalue weighted by Gasteiger charge is 2.18. The minimum Gasteiger partial charge on any atom is -0.489 e. The fourth-order valence-electron chi connectivity index (χ4n) is 2.64. The summed E-state index contributed by atoms with van der Waals surface area (Å²) in [5.74, 6) is 1.56. The van der Waals surface area contributed by atoms with Gasteiger partial charge in [-0.15, -0.1) is 0 Å². The lowest BCUT2D eigenvalue weighted by atomic mass is 10.2. The molecule has 0 N–H and O–H groups in total. The van der Waals surface area contributed by atoms with Gasteiger partial charge in [0.2, 0.25) is 0 Å². The van der Waals surface area contributed by atoms with E-state index in [9.17, 15) is 0 Å². The Morgan fingerprint density at radius 2 is 2.29 bits per heavy atom. The number of hydrogen-bond donors (Lipinski definition) is 0. The van der Waals surface area contributed by atoms with Gasteiger partial charge in [-0.1, -0.05) is 23.7 Å². The Hall–Kier alpha value is -1.37. The molecule has 5 nitrogen and oxygen atoms in total. The first-order valence-corrected chi connectivity index (χ1v) is 9.01. The van der Waals surface area contributed by atoms with Crippen molar-refractivity contribution >= 4 is 33.3 Å². The summed E-state index contributed by atoms with van der Waals surface area (Å²) in [5, 5.41) is 0.378. The molecule has 0 aliphatic carbocycles. The molecule has 1 unspecified atom stereocenters. The van der Waals surface area contributed by atoms with Crippen LogP contribution in [0.5, 0.6) is 5.75 Å². The molecule has 0 radical (unpaired) electrons. The second-order valence-corrected chi connectivity index (χ2v) is 6.97. The van der Waals surface area contributed by atoms with Crippen LogP contribution < -0.4 is 9.64 Å². The Kier molecular flexibility index (Phi) is 5.92. The Bertz CT molecular complexity index is 695. The van der Waals surface area contributed by atoms with Gasteiger partial charge in [-0.05, 0) is 34.8 Å². The number of halogens is 2. The molecular formula is C17H19BrClN3O2. The summed E-state index contributed by atoms with van der Waals surface area (Å²) in [6.07, 6.45) is 5.55. The van der Waals surface area contributed by atoms with Crippen molar-refractivity contribution in [1.29, 1.82) is 0 Å². The maximum absolute atomic E-state index is 6.05. The lowest BCUT2D eigenvalue weighted by molar-refractivity contribution is 0.0673. The van der Waals surface area contributed by atoms with E-state index < -0.39 is 0 Å². The maximum Gasteiger partial charge on any atom is 0.149 e. The lowest BCUT2D eigenvalue weighted by Crippen LogP contribution is -2.20. The van der Waals surface area contributed by atoms with Gasteiger partial charge in [-0.3, -0.25) is 4.98 Å². The van der Waals surface area contributed by atoms with E-state index in [1.807, 2.05) is 30.1 Å². The van der Waals surface area contributed by atoms with Gasteiger partial charge in [-0.2, -0.15) is 0 Å². The molecule has 2 heterocycles. The number of ether oxygens (including phenoxy) is 2. The van der Waals surface area contributed by atoms with Crippen LogP contribution in [0.4, 0.5) is 5.82 Å². The van der Waals surface area contributed by atoms with Gasteiger partial charge in [0, 0.05) is 25.8 Å². The van der Waals surface area contributed by atoms with Crippen molar-refractivity contribution in [3.05, 3.63) is 45.8 Å². The van der Waals surface area contributed by atoms with Gasteiger partial charge in [0.15, 0.2) is 0 Å². The first-order chi connectivity index (χ1) is 11.6. The summed E-state index contributed by atoms with van der Waals surface area (Å²) in [5.41, 5.74) is 1.06. The number of aromatic nitrogens is 2. The largest absolute Gasteiger partial charge is 0.489 e. The van der Waals surface area contributed by atoms with Crippen molar-refractivity contribution in [2.24, 2.45) is 0 Å². The van der Waals surface area contributed by atoms with Crippen LogP contribution in [0.1, 0.15) is 18.4 Å². The van der Waals surface area contributed by atoms with E-state index in [0.717, 1.165) is 35.2 Å². The van der Waals surface area contributed by atoms with Crippen LogP contribution in [0, 0.1) is 0 Å². The van der Waals surface area contributed by atoms with Gasteiger partial charge >= 0.3 is 0 Å². The zero-order valence-electron chi connectivity index (χ0n) is 13.4. The van der Waals surface area contributed by atoms with Gasteiger partial charge < -0.3 is 14.4 Å². The average molecular weight is 413 g/mol. The SMILES string of the molecule is CN(Cc1cccc(Br)c1OCC1CCCO1)c1cncc(Cl)n1. The van der Waals surface area contributed by atoms with E-state index in [-0.39, 0.29) is 6.10 Å². The van der Waals surface area contributed by atoms with Crippen LogP contribution in [0.15, 0.2) is 35.1 Å². The first kappa shape index (κ1) is 17.5. The minimum absolute atomic E-state index is 0.182. The molecule has 1 aromatic carbocycles. The van der Waals surface area contributed by atoms with E-state index in [2.05, 4.69) is 25.9 Å². The Labute approximate surface area is 155 Å². The zero-order chi connectivity index (χ0) is 16.9. The topological polar surface area (TPSA) is 47.5 Å². The third-order valence-corrected chi connectivity index (χ3v) is 4.68. The lowest BCUT2D eigenvalue weighted by Gasteiger charge is -2.21. The highest BCUT2D eigenvalue weighted by Crippen LogP contribution is 2.31. The number of hydrogen-bond acceptors (Lipinski definition) is 5. The van der Waals surface area contributed by atoms with Crippen LogP contribution in [0.3, 0.4) is 0 Å². The predicted molar refractivity (Wildman–Crippen MR) is 97.8 cm³/mol. The fraction of sp³-hybridized carbons (Fsp3) is 0.412. The highest BCUT2D eigenvalue weighted by atomic mass is 79.9. The van der Waals surface area contributed by atoms with Gasteiger partial charge in [0.25, 0.3) is 0 Å². The Balaban J connectivity index is 1.73. The molecule has 1 saturated heterocycles. The van der Waals surface area contributed by atoms with Crippen LogP contribution in [0.25, 0.3) is 0 Å². The summed E-state index contributed by atoms with van der Waals surface area (Å²) in [6, 6.07) is 6.02. The summed E-state index contributed by atoms with van der Waals surface area (Å²) in [6.45, 7) is 2.03. The molecule has 1 fully saturated rings. The van der Waals surface area contributed by atoms with Crippen molar-refractivity contribution in [2.75, 3.05) is 25.2 Å². The summed E-state index contributed by atoms with van der Waals surface area (Å²) >= 11 is 9.51. The maximum atomic E-state index is 6.05. The molecular weight excluding hydrogens is 394 g/mol. The van der Waals surface area contributed by atoms with Crippen molar-refractivity contribution in [3.63, 3.8) is 0 Å². The molecule has 24 heavy (non-hydrogen) atoms. The molecule has 7 heteroatoms. The summed E-state index contributed by atoms with van der Waals surface area (Å²) in [4.78, 5) is 10.4. The number of rotatable bonds is 6. The van der Waals surface area contributed by atoms with E-state index >= 15 is 0 Å². The molecule has 1 aliphatic heterocycles. The first-order valence-electron chi connectivity index (χ1n) is 7.84. The standard InChI is InChI=1S/C17H19BrClN3O2/c1-22(16-9-20-8-15(19)21-16)10-12-4-2-6-14(18)17(12)24-11-13-5-3-7-23-13/h2,4,6,8-9,13H,3,5,7,10-11H2,1H3. The average Bonchev–Trinajstić information content (AvgIpc) is 3.08. The molecule has 0 bridgehead atoms. The molecule has 1 aromatic heterocycles. The Morgan fingerprint density at radius 1 is 1.42 bits per heavy atom. The molecule has 0 amide bonds. The van der Waals surface area contributed by atoms with Gasteiger partial charge in [-0.25, -0.2) is 4.98 Å². The van der Waals surface area contributed by atoms with Crippen LogP contribution in [0.2, 0.25) is 5.15 Å². The zero-order valence-corrected chi connectivity index (χ0v) is 15.8. The number of para-hydroxylation sites is 1. The second kappa shape index (κ2) is 8.14. The van der Waals surface area contributed by atoms with Crippen molar-refractivity contribution in [3.8, 4) is 5.75 Å². The fourth-order valence-corrected chi connectivity index (χ4v) is 3.31. The molecule has 1 aliphatic rings. The molecule has 0 saturated carbocycles. The van der Waals surface area contributed by atoms with Crippen molar-refractivity contribution in [1.82, 2.24) is 9.97 Å². The number of anilines is 1. The summed E-state index contributed by atoms with van der Waals surface area (Å²) < 4.78 is 12.6. The third kappa shape index (κ3) is 4.37. The molecule has 128 valence electrons. The Morgan fingerprint density at radius 3 is 3.04 bits per heavy atom. The van der Waals surface area contributed by atoms with E-state index in [0.29, 0.717) is 24.1 Å². The van der Waals surface area contributed by atoms with Crippen molar-refractivity contribution in [2.45, 2.75) is 25.5 Å². The highest BCUT2D eigenvalue weighted by molar-refractivity contribution is 9.10. The van der Waals surface area contributed by atoms with Crippen LogP contribution >= 0.6 is 27.5 Å². The molecule has 3 rings (SSSR count). The monoisotopic (exact) mass is 411 g/mol. The molecule has 1 atom stereocenters. The van der Waals surface area contributed by atoms with Gasteiger partial charge in [0.05, 0.1) is 23.0 Å². The molecule has 0 spiro atoms. The smallest absolute Gasteiger partial charge is 0.149 e. The second-order valence-electron chi connectivity index (χ2n) is 5.73. The van der Waals surface area contributed by atoms with Gasteiger partial charge in [0.1, 0.15) is 23.3 Å². The minimum atomic E-state index is 0.182. The normalized spacial score (nSPS) is 17.0. The summed E-state index contributed by atoms with van der Waals surface area (Å²) in [7, 11) is 1.95. The van der Waals surface area contributed by atoms with E-state index in [1.54, 1.807) is 6.20 Å².